The van der Waals surface area contributed by atoms with Gasteiger partial charge in [-0.05, 0) is 50.2 Å². The molecule has 0 fully saturated rings. The summed E-state index contributed by atoms with van der Waals surface area (Å²) in [5.41, 5.74) is 2.04. The van der Waals surface area contributed by atoms with E-state index < -0.39 is 0 Å². The molecule has 0 unspecified atom stereocenters. The molecule has 0 saturated heterocycles. The van der Waals surface area contributed by atoms with Crippen LogP contribution in [0.4, 0.5) is 11.4 Å². The second-order valence-corrected chi connectivity index (χ2v) is 6.08. The molecule has 0 saturated carbocycles. The van der Waals surface area contributed by atoms with E-state index in [4.69, 9.17) is 4.74 Å². The van der Waals surface area contributed by atoms with Crippen LogP contribution >= 0.6 is 0 Å². The quantitative estimate of drug-likeness (QED) is 0.615. The van der Waals surface area contributed by atoms with Crippen molar-refractivity contribution in [3.05, 3.63) is 66.7 Å². The fourth-order valence-corrected chi connectivity index (χ4v) is 2.63. The van der Waals surface area contributed by atoms with Gasteiger partial charge in [0.2, 0.25) is 5.91 Å². The molecule has 6 nitrogen and oxygen atoms in total. The van der Waals surface area contributed by atoms with Gasteiger partial charge in [0.15, 0.2) is 0 Å². The van der Waals surface area contributed by atoms with Crippen molar-refractivity contribution >= 4 is 23.2 Å². The van der Waals surface area contributed by atoms with Gasteiger partial charge in [-0.2, -0.15) is 0 Å². The van der Waals surface area contributed by atoms with E-state index in [0.29, 0.717) is 36.7 Å². The Hall–Kier alpha value is -3.28. The SMILES string of the molecule is C=CCOc1cccc(NCC(=O)Nc2ccc(C(=O)N(CC)CC)cc2)c1. The second kappa shape index (κ2) is 10.8. The van der Waals surface area contributed by atoms with Crippen LogP contribution in [-0.2, 0) is 4.79 Å². The number of ether oxygens (including phenoxy) is 1. The molecule has 2 aromatic rings. The fourth-order valence-electron chi connectivity index (χ4n) is 2.63. The van der Waals surface area contributed by atoms with Crippen LogP contribution in [0.3, 0.4) is 0 Å². The molecule has 0 bridgehead atoms. The van der Waals surface area contributed by atoms with Crippen LogP contribution in [0.15, 0.2) is 61.2 Å². The first kappa shape index (κ1) is 21.0. The summed E-state index contributed by atoms with van der Waals surface area (Å²) < 4.78 is 5.47. The predicted octanol–water partition coefficient (Wildman–Crippen LogP) is 3.78. The third-order valence-electron chi connectivity index (χ3n) is 4.12. The molecule has 2 aromatic carbocycles. The molecule has 6 heteroatoms. The molecule has 0 heterocycles. The van der Waals surface area contributed by atoms with Crippen molar-refractivity contribution in [3.63, 3.8) is 0 Å². The zero-order chi connectivity index (χ0) is 20.4. The number of hydrogen-bond donors (Lipinski definition) is 2. The Bertz CT molecular complexity index is 799. The van der Waals surface area contributed by atoms with Crippen molar-refractivity contribution in [2.45, 2.75) is 13.8 Å². The van der Waals surface area contributed by atoms with Gasteiger partial charge in [0.25, 0.3) is 5.91 Å². The van der Waals surface area contributed by atoms with Gasteiger partial charge in [-0.1, -0.05) is 18.7 Å². The van der Waals surface area contributed by atoms with Crippen LogP contribution in [0, 0.1) is 0 Å². The molecule has 28 heavy (non-hydrogen) atoms. The number of carbonyl (C=O) groups is 2. The maximum atomic E-state index is 12.3. The molecule has 0 aliphatic carbocycles. The van der Waals surface area contributed by atoms with Crippen LogP contribution in [0.2, 0.25) is 0 Å². The molecular formula is C22H27N3O3. The number of hydrogen-bond acceptors (Lipinski definition) is 4. The number of anilines is 2. The van der Waals surface area contributed by atoms with Crippen LogP contribution in [0.5, 0.6) is 5.75 Å². The highest BCUT2D eigenvalue weighted by molar-refractivity contribution is 5.96. The Kier molecular flexibility index (Phi) is 8.09. The monoisotopic (exact) mass is 381 g/mol. The molecule has 2 amide bonds. The Morgan fingerprint density at radius 3 is 2.43 bits per heavy atom. The summed E-state index contributed by atoms with van der Waals surface area (Å²) in [4.78, 5) is 26.2. The summed E-state index contributed by atoms with van der Waals surface area (Å²) in [6.45, 7) is 9.39. The number of amides is 2. The Labute approximate surface area is 166 Å². The van der Waals surface area contributed by atoms with Crippen molar-refractivity contribution in [2.24, 2.45) is 0 Å². The van der Waals surface area contributed by atoms with Gasteiger partial charge in [-0.3, -0.25) is 9.59 Å². The lowest BCUT2D eigenvalue weighted by atomic mass is 10.1. The standard InChI is InChI=1S/C22H27N3O3/c1-4-14-28-20-9-7-8-19(15-20)23-16-21(26)24-18-12-10-17(11-13-18)22(27)25(5-2)6-3/h4,7-13,15,23H,1,5-6,14,16H2,2-3H3,(H,24,26). The minimum absolute atomic E-state index is 0.0110. The minimum Gasteiger partial charge on any atom is -0.489 e. The zero-order valence-corrected chi connectivity index (χ0v) is 16.4. The summed E-state index contributed by atoms with van der Waals surface area (Å²) in [6, 6.07) is 14.3. The number of benzene rings is 2. The molecular weight excluding hydrogens is 354 g/mol. The lowest BCUT2D eigenvalue weighted by Crippen LogP contribution is -2.30. The van der Waals surface area contributed by atoms with Crippen LogP contribution in [-0.4, -0.2) is 43.0 Å². The average Bonchev–Trinajstić information content (AvgIpc) is 2.72. The number of rotatable bonds is 10. The lowest BCUT2D eigenvalue weighted by molar-refractivity contribution is -0.114. The third-order valence-corrected chi connectivity index (χ3v) is 4.12. The molecule has 0 aliphatic heterocycles. The van der Waals surface area contributed by atoms with Gasteiger partial charge in [-0.25, -0.2) is 0 Å². The summed E-state index contributed by atoms with van der Waals surface area (Å²) in [6.07, 6.45) is 1.68. The summed E-state index contributed by atoms with van der Waals surface area (Å²) >= 11 is 0. The van der Waals surface area contributed by atoms with E-state index in [1.807, 2.05) is 38.1 Å². The van der Waals surface area contributed by atoms with E-state index in [2.05, 4.69) is 17.2 Å². The van der Waals surface area contributed by atoms with Gasteiger partial charge in [0.1, 0.15) is 12.4 Å². The number of carbonyl (C=O) groups excluding carboxylic acids is 2. The lowest BCUT2D eigenvalue weighted by Gasteiger charge is -2.18. The van der Waals surface area contributed by atoms with Gasteiger partial charge in [-0.15, -0.1) is 0 Å². The van der Waals surface area contributed by atoms with E-state index in [9.17, 15) is 9.59 Å². The maximum absolute atomic E-state index is 12.3. The molecule has 0 aromatic heterocycles. The first-order valence-corrected chi connectivity index (χ1v) is 9.34. The van der Waals surface area contributed by atoms with E-state index in [0.717, 1.165) is 5.69 Å². The van der Waals surface area contributed by atoms with Gasteiger partial charge in [0.05, 0.1) is 6.54 Å². The number of nitrogens with one attached hydrogen (secondary N) is 2. The zero-order valence-electron chi connectivity index (χ0n) is 16.4. The highest BCUT2D eigenvalue weighted by atomic mass is 16.5. The van der Waals surface area contributed by atoms with Crippen molar-refractivity contribution in [1.29, 1.82) is 0 Å². The molecule has 0 aliphatic rings. The topological polar surface area (TPSA) is 70.7 Å². The van der Waals surface area contributed by atoms with Gasteiger partial charge in [0, 0.05) is 36.1 Å². The number of nitrogens with zero attached hydrogens (tertiary/aromatic N) is 1. The Morgan fingerprint density at radius 2 is 1.79 bits per heavy atom. The van der Waals surface area contributed by atoms with E-state index >= 15 is 0 Å². The summed E-state index contributed by atoms with van der Waals surface area (Å²) in [5.74, 6) is 0.516. The predicted molar refractivity (Wildman–Crippen MR) is 113 cm³/mol. The molecule has 2 N–H and O–H groups in total. The van der Waals surface area contributed by atoms with Crippen LogP contribution in [0.25, 0.3) is 0 Å². The highest BCUT2D eigenvalue weighted by Crippen LogP contribution is 2.17. The Balaban J connectivity index is 1.88. The first-order valence-electron chi connectivity index (χ1n) is 9.34. The Morgan fingerprint density at radius 1 is 1.07 bits per heavy atom. The van der Waals surface area contributed by atoms with Gasteiger partial charge >= 0.3 is 0 Å². The van der Waals surface area contributed by atoms with Crippen molar-refractivity contribution in [3.8, 4) is 5.75 Å². The largest absolute Gasteiger partial charge is 0.489 e. The van der Waals surface area contributed by atoms with Crippen molar-refractivity contribution in [2.75, 3.05) is 36.9 Å². The molecule has 2 rings (SSSR count). The van der Waals surface area contributed by atoms with Crippen LogP contribution < -0.4 is 15.4 Å². The maximum Gasteiger partial charge on any atom is 0.253 e. The molecule has 148 valence electrons. The normalized spacial score (nSPS) is 10.1. The van der Waals surface area contributed by atoms with E-state index in [1.54, 1.807) is 35.2 Å². The van der Waals surface area contributed by atoms with Gasteiger partial charge < -0.3 is 20.3 Å². The summed E-state index contributed by atoms with van der Waals surface area (Å²) in [5, 5.41) is 5.88. The van der Waals surface area contributed by atoms with Crippen molar-refractivity contribution < 1.29 is 14.3 Å². The van der Waals surface area contributed by atoms with Crippen molar-refractivity contribution in [1.82, 2.24) is 4.90 Å². The summed E-state index contributed by atoms with van der Waals surface area (Å²) in [7, 11) is 0. The van der Waals surface area contributed by atoms with E-state index in [1.165, 1.54) is 0 Å². The second-order valence-electron chi connectivity index (χ2n) is 6.08. The molecule has 0 radical (unpaired) electrons. The average molecular weight is 381 g/mol. The fraction of sp³-hybridized carbons (Fsp3) is 0.273. The highest BCUT2D eigenvalue weighted by Gasteiger charge is 2.12. The third kappa shape index (κ3) is 6.16. The molecule has 0 atom stereocenters. The smallest absolute Gasteiger partial charge is 0.253 e. The molecule has 0 spiro atoms. The van der Waals surface area contributed by atoms with E-state index in [-0.39, 0.29) is 18.4 Å². The first-order chi connectivity index (χ1) is 13.6. The van der Waals surface area contributed by atoms with Crippen LogP contribution in [0.1, 0.15) is 24.2 Å². The minimum atomic E-state index is -0.180.